The molecular formula is C18H22BFN4O4. The number of cyclic esters (lactones) is 1. The van der Waals surface area contributed by atoms with Crippen LogP contribution in [0.15, 0.2) is 30.6 Å². The van der Waals surface area contributed by atoms with Crippen molar-refractivity contribution in [2.45, 2.75) is 51.5 Å². The molecular weight excluding hydrogens is 366 g/mol. The van der Waals surface area contributed by atoms with E-state index in [1.54, 1.807) is 29.2 Å². The molecule has 2 aromatic rings. The van der Waals surface area contributed by atoms with E-state index in [1.807, 2.05) is 27.7 Å². The molecule has 0 aliphatic carbocycles. The van der Waals surface area contributed by atoms with Crippen LogP contribution in [0.25, 0.3) is 0 Å². The van der Waals surface area contributed by atoms with E-state index in [0.717, 1.165) is 0 Å². The summed E-state index contributed by atoms with van der Waals surface area (Å²) in [6, 6.07) is 4.26. The summed E-state index contributed by atoms with van der Waals surface area (Å²) in [5.74, 6) is -0.504. The second-order valence-electron chi connectivity index (χ2n) is 8.02. The lowest BCUT2D eigenvalue weighted by atomic mass is 9.78. The van der Waals surface area contributed by atoms with Crippen LogP contribution < -0.4 is 10.4 Å². The van der Waals surface area contributed by atoms with Crippen molar-refractivity contribution < 1.29 is 23.2 Å². The molecule has 2 aliphatic rings. The van der Waals surface area contributed by atoms with E-state index in [9.17, 15) is 9.18 Å². The first-order valence-corrected chi connectivity index (χ1v) is 9.13. The van der Waals surface area contributed by atoms with Gasteiger partial charge in [0, 0.05) is 11.7 Å². The molecule has 148 valence electrons. The molecule has 1 aromatic heterocycles. The Morgan fingerprint density at radius 3 is 2.57 bits per heavy atom. The molecule has 3 heterocycles. The van der Waals surface area contributed by atoms with Crippen molar-refractivity contribution in [1.29, 1.82) is 0 Å². The lowest BCUT2D eigenvalue weighted by molar-refractivity contribution is 0.00578. The SMILES string of the molecule is CC1(C)OB(c2ccc(N3C(=O)OCC3Cn3ccnn3)cc2F)OC1(C)C. The molecule has 1 atom stereocenters. The number of benzene rings is 1. The highest BCUT2D eigenvalue weighted by molar-refractivity contribution is 6.62. The molecule has 28 heavy (non-hydrogen) atoms. The first kappa shape index (κ1) is 18.9. The molecule has 1 aromatic carbocycles. The predicted molar refractivity (Wildman–Crippen MR) is 99.8 cm³/mol. The number of aromatic nitrogens is 3. The summed E-state index contributed by atoms with van der Waals surface area (Å²) < 4.78 is 33.5. The highest BCUT2D eigenvalue weighted by Gasteiger charge is 2.52. The molecule has 8 nitrogen and oxygen atoms in total. The van der Waals surface area contributed by atoms with Gasteiger partial charge in [0.25, 0.3) is 0 Å². The maximum atomic E-state index is 14.9. The highest BCUT2D eigenvalue weighted by Crippen LogP contribution is 2.37. The minimum absolute atomic E-state index is 0.194. The Kier molecular flexibility index (Phi) is 4.42. The van der Waals surface area contributed by atoms with Crippen LogP contribution in [0.3, 0.4) is 0 Å². The number of carbonyl (C=O) groups excluding carboxylic acids is 1. The number of anilines is 1. The minimum Gasteiger partial charge on any atom is -0.447 e. The molecule has 0 spiro atoms. The van der Waals surface area contributed by atoms with E-state index >= 15 is 0 Å². The molecule has 0 radical (unpaired) electrons. The number of halogens is 1. The van der Waals surface area contributed by atoms with Gasteiger partial charge in [-0.3, -0.25) is 9.58 Å². The first-order valence-electron chi connectivity index (χ1n) is 9.13. The molecule has 2 aliphatic heterocycles. The lowest BCUT2D eigenvalue weighted by Gasteiger charge is -2.32. The summed E-state index contributed by atoms with van der Waals surface area (Å²) in [7, 11) is -0.810. The van der Waals surface area contributed by atoms with Gasteiger partial charge < -0.3 is 14.0 Å². The Balaban J connectivity index is 1.58. The van der Waals surface area contributed by atoms with E-state index in [2.05, 4.69) is 10.3 Å². The second kappa shape index (κ2) is 6.56. The summed E-state index contributed by atoms with van der Waals surface area (Å²) in [6.45, 7) is 8.23. The average molecular weight is 388 g/mol. The van der Waals surface area contributed by atoms with E-state index in [0.29, 0.717) is 17.7 Å². The number of hydrogen-bond donors (Lipinski definition) is 0. The Morgan fingerprint density at radius 2 is 1.96 bits per heavy atom. The monoisotopic (exact) mass is 388 g/mol. The van der Waals surface area contributed by atoms with Crippen molar-refractivity contribution >= 4 is 24.4 Å². The maximum Gasteiger partial charge on any atom is 0.497 e. The van der Waals surface area contributed by atoms with Crippen LogP contribution in [0.1, 0.15) is 27.7 Å². The fourth-order valence-electron chi connectivity index (χ4n) is 3.28. The topological polar surface area (TPSA) is 78.7 Å². The minimum atomic E-state index is -0.810. The third-order valence-corrected chi connectivity index (χ3v) is 5.60. The van der Waals surface area contributed by atoms with Crippen LogP contribution in [0.2, 0.25) is 0 Å². The van der Waals surface area contributed by atoms with Crippen LogP contribution in [0.5, 0.6) is 0 Å². The molecule has 2 fully saturated rings. The molecule has 4 rings (SSSR count). The van der Waals surface area contributed by atoms with E-state index in [-0.39, 0.29) is 12.6 Å². The molecule has 2 saturated heterocycles. The zero-order chi connectivity index (χ0) is 20.1. The average Bonchev–Trinajstić information content (AvgIpc) is 3.28. The third-order valence-electron chi connectivity index (χ3n) is 5.60. The van der Waals surface area contributed by atoms with Gasteiger partial charge in [0.1, 0.15) is 12.4 Å². The largest absolute Gasteiger partial charge is 0.497 e. The number of amides is 1. The van der Waals surface area contributed by atoms with Crippen molar-refractivity contribution in [3.8, 4) is 0 Å². The second-order valence-corrected chi connectivity index (χ2v) is 8.02. The molecule has 0 N–H and O–H groups in total. The Labute approximate surface area is 162 Å². The standard InChI is InChI=1S/C18H22BFN4O4/c1-17(2)18(3,4)28-19(27-17)14-6-5-12(9-15(14)20)24-13(11-26-16(24)25)10-23-8-7-21-22-23/h5-9,13H,10-11H2,1-4H3. The van der Waals surface area contributed by atoms with Gasteiger partial charge in [-0.1, -0.05) is 11.3 Å². The number of carbonyl (C=O) groups is 1. The highest BCUT2D eigenvalue weighted by atomic mass is 19.1. The summed E-state index contributed by atoms with van der Waals surface area (Å²) >= 11 is 0. The third kappa shape index (κ3) is 3.16. The van der Waals surface area contributed by atoms with Crippen LogP contribution in [-0.2, 0) is 20.6 Å². The van der Waals surface area contributed by atoms with Crippen molar-refractivity contribution in [2.24, 2.45) is 0 Å². The van der Waals surface area contributed by atoms with Gasteiger partial charge in [-0.2, -0.15) is 0 Å². The smallest absolute Gasteiger partial charge is 0.447 e. The number of nitrogens with zero attached hydrogens (tertiary/aromatic N) is 4. The maximum absolute atomic E-state index is 14.9. The molecule has 0 bridgehead atoms. The zero-order valence-electron chi connectivity index (χ0n) is 16.3. The van der Waals surface area contributed by atoms with Crippen LogP contribution >= 0.6 is 0 Å². The fourth-order valence-corrected chi connectivity index (χ4v) is 3.28. The van der Waals surface area contributed by atoms with Crippen LogP contribution in [0.4, 0.5) is 14.9 Å². The van der Waals surface area contributed by atoms with Gasteiger partial charge in [-0.15, -0.1) is 5.10 Å². The van der Waals surface area contributed by atoms with Gasteiger partial charge in [-0.05, 0) is 39.8 Å². The van der Waals surface area contributed by atoms with Crippen molar-refractivity contribution in [2.75, 3.05) is 11.5 Å². The Bertz CT molecular complexity index is 874. The van der Waals surface area contributed by atoms with Crippen LogP contribution in [0, 0.1) is 5.82 Å². The summed E-state index contributed by atoms with van der Waals surface area (Å²) in [4.78, 5) is 13.7. The van der Waals surface area contributed by atoms with Gasteiger partial charge >= 0.3 is 13.2 Å². The summed E-state index contributed by atoms with van der Waals surface area (Å²) in [6.07, 6.45) is 2.73. The molecule has 1 unspecified atom stereocenters. The van der Waals surface area contributed by atoms with E-state index in [1.165, 1.54) is 11.0 Å². The normalized spacial score (nSPS) is 23.3. The number of hydrogen-bond acceptors (Lipinski definition) is 6. The van der Waals surface area contributed by atoms with Crippen molar-refractivity contribution in [3.63, 3.8) is 0 Å². The zero-order valence-corrected chi connectivity index (χ0v) is 16.3. The van der Waals surface area contributed by atoms with E-state index < -0.39 is 30.2 Å². The van der Waals surface area contributed by atoms with Gasteiger partial charge in [0.05, 0.1) is 35.7 Å². The molecule has 10 heteroatoms. The van der Waals surface area contributed by atoms with Crippen LogP contribution in [-0.4, -0.2) is 52.1 Å². The predicted octanol–water partition coefficient (Wildman–Crippen LogP) is 1.74. The lowest BCUT2D eigenvalue weighted by Crippen LogP contribution is -2.41. The van der Waals surface area contributed by atoms with Crippen molar-refractivity contribution in [1.82, 2.24) is 15.0 Å². The van der Waals surface area contributed by atoms with Gasteiger partial charge in [0.15, 0.2) is 0 Å². The number of ether oxygens (including phenoxy) is 1. The van der Waals surface area contributed by atoms with E-state index in [4.69, 9.17) is 14.0 Å². The van der Waals surface area contributed by atoms with Crippen molar-refractivity contribution in [3.05, 3.63) is 36.4 Å². The Morgan fingerprint density at radius 1 is 1.25 bits per heavy atom. The summed E-state index contributed by atoms with van der Waals surface area (Å²) in [5.41, 5.74) is -0.428. The fraction of sp³-hybridized carbons (Fsp3) is 0.500. The van der Waals surface area contributed by atoms with Gasteiger partial charge in [-0.25, -0.2) is 9.18 Å². The Hall–Kier alpha value is -2.46. The molecule has 0 saturated carbocycles. The van der Waals surface area contributed by atoms with Gasteiger partial charge in [0.2, 0.25) is 0 Å². The first-order chi connectivity index (χ1) is 13.2. The molecule has 1 amide bonds. The summed E-state index contributed by atoms with van der Waals surface area (Å²) in [5, 5.41) is 7.67. The number of rotatable bonds is 4. The quantitative estimate of drug-likeness (QED) is 0.743.